The largest absolute Gasteiger partial charge is 0.373 e. The minimum Gasteiger partial charge on any atom is -0.373 e. The highest BCUT2D eigenvalue weighted by Gasteiger charge is 1.92. The van der Waals surface area contributed by atoms with Gasteiger partial charge in [0.15, 0.2) is 0 Å². The lowest BCUT2D eigenvalue weighted by Gasteiger charge is -2.02. The van der Waals surface area contributed by atoms with Crippen molar-refractivity contribution >= 4 is 5.82 Å². The van der Waals surface area contributed by atoms with Gasteiger partial charge in [0.25, 0.3) is 0 Å². The summed E-state index contributed by atoms with van der Waals surface area (Å²) in [5.74, 6) is 0.912. The van der Waals surface area contributed by atoms with E-state index in [1.54, 1.807) is 0 Å². The minimum absolute atomic E-state index is 0.896. The van der Waals surface area contributed by atoms with Crippen LogP contribution in [0.1, 0.15) is 12.5 Å². The lowest BCUT2D eigenvalue weighted by atomic mass is 10.3. The van der Waals surface area contributed by atoms with Crippen molar-refractivity contribution in [3.05, 3.63) is 23.9 Å². The van der Waals surface area contributed by atoms with E-state index in [2.05, 4.69) is 28.6 Å². The molecule has 0 aliphatic carbocycles. The molecule has 1 heterocycles. The van der Waals surface area contributed by atoms with Crippen LogP contribution in [0.25, 0.3) is 0 Å². The zero-order valence-corrected chi connectivity index (χ0v) is 7.59. The molecule has 1 aromatic rings. The van der Waals surface area contributed by atoms with Gasteiger partial charge >= 0.3 is 0 Å². The molecule has 0 spiro atoms. The Morgan fingerprint density at radius 1 is 1.42 bits per heavy atom. The maximum atomic E-state index is 4.20. The van der Waals surface area contributed by atoms with Crippen LogP contribution in [0, 0.1) is 0 Å². The number of hydrogen-bond donors (Lipinski definition) is 2. The number of anilines is 1. The summed E-state index contributed by atoms with van der Waals surface area (Å²) in [5.41, 5.74) is 1.22. The summed E-state index contributed by atoms with van der Waals surface area (Å²) in [7, 11) is 1.87. The van der Waals surface area contributed by atoms with Gasteiger partial charge in [-0.15, -0.1) is 0 Å². The van der Waals surface area contributed by atoms with E-state index in [-0.39, 0.29) is 0 Å². The van der Waals surface area contributed by atoms with E-state index in [0.717, 1.165) is 18.9 Å². The summed E-state index contributed by atoms with van der Waals surface area (Å²) < 4.78 is 0. The first kappa shape index (κ1) is 9.00. The van der Waals surface area contributed by atoms with Crippen molar-refractivity contribution < 1.29 is 0 Å². The van der Waals surface area contributed by atoms with E-state index in [0.29, 0.717) is 0 Å². The normalized spacial score (nSPS) is 9.83. The molecule has 3 nitrogen and oxygen atoms in total. The molecule has 0 bridgehead atoms. The molecule has 0 amide bonds. The zero-order valence-electron chi connectivity index (χ0n) is 7.59. The van der Waals surface area contributed by atoms with Gasteiger partial charge in [-0.05, 0) is 18.2 Å². The molecule has 1 rings (SSSR count). The Bertz CT molecular complexity index is 218. The lowest BCUT2D eigenvalue weighted by Crippen LogP contribution is -2.11. The van der Waals surface area contributed by atoms with Crippen LogP contribution < -0.4 is 10.6 Å². The molecular formula is C9H15N3. The van der Waals surface area contributed by atoms with Crippen molar-refractivity contribution in [2.45, 2.75) is 13.5 Å². The summed E-state index contributed by atoms with van der Waals surface area (Å²) in [6, 6.07) is 4.05. The number of rotatable bonds is 4. The molecule has 2 N–H and O–H groups in total. The van der Waals surface area contributed by atoms with Crippen LogP contribution in [0.3, 0.4) is 0 Å². The summed E-state index contributed by atoms with van der Waals surface area (Å²) in [6.45, 7) is 3.98. The molecule has 0 unspecified atom stereocenters. The van der Waals surface area contributed by atoms with Gasteiger partial charge in [0, 0.05) is 19.8 Å². The quantitative estimate of drug-likeness (QED) is 0.704. The van der Waals surface area contributed by atoms with Gasteiger partial charge in [-0.1, -0.05) is 13.0 Å². The molecule has 0 aliphatic heterocycles. The Kier molecular flexibility index (Phi) is 3.54. The van der Waals surface area contributed by atoms with Crippen LogP contribution in [-0.4, -0.2) is 18.6 Å². The van der Waals surface area contributed by atoms with Gasteiger partial charge in [0.1, 0.15) is 5.82 Å². The van der Waals surface area contributed by atoms with Crippen molar-refractivity contribution in [1.82, 2.24) is 10.3 Å². The average Bonchev–Trinajstić information content (AvgIpc) is 2.15. The number of hydrogen-bond acceptors (Lipinski definition) is 3. The third-order valence-electron chi connectivity index (χ3n) is 1.66. The Morgan fingerprint density at radius 2 is 2.25 bits per heavy atom. The Labute approximate surface area is 73.2 Å². The maximum Gasteiger partial charge on any atom is 0.125 e. The minimum atomic E-state index is 0.896. The standard InChI is InChI=1S/C9H15N3/c1-3-11-6-8-4-5-9(10-2)12-7-8/h4-5,7,11H,3,6H2,1-2H3,(H,10,12). The molecule has 0 radical (unpaired) electrons. The van der Waals surface area contributed by atoms with E-state index in [9.17, 15) is 0 Å². The number of nitrogens with zero attached hydrogens (tertiary/aromatic N) is 1. The number of aromatic nitrogens is 1. The molecule has 0 saturated carbocycles. The fourth-order valence-electron chi connectivity index (χ4n) is 0.946. The summed E-state index contributed by atoms with van der Waals surface area (Å²) in [5, 5.41) is 6.22. The van der Waals surface area contributed by atoms with E-state index in [4.69, 9.17) is 0 Å². The second-order valence-corrected chi connectivity index (χ2v) is 2.58. The van der Waals surface area contributed by atoms with E-state index >= 15 is 0 Å². The fraction of sp³-hybridized carbons (Fsp3) is 0.444. The van der Waals surface area contributed by atoms with Gasteiger partial charge in [-0.25, -0.2) is 4.98 Å². The molecule has 0 atom stereocenters. The summed E-state index contributed by atoms with van der Waals surface area (Å²) in [4.78, 5) is 4.20. The average molecular weight is 165 g/mol. The molecule has 0 aliphatic rings. The number of pyridine rings is 1. The van der Waals surface area contributed by atoms with Crippen LogP contribution in [0.4, 0.5) is 5.82 Å². The van der Waals surface area contributed by atoms with E-state index in [1.807, 2.05) is 19.3 Å². The molecule has 0 aromatic carbocycles. The predicted octanol–water partition coefficient (Wildman–Crippen LogP) is 1.23. The molecule has 66 valence electrons. The highest BCUT2D eigenvalue weighted by Crippen LogP contribution is 2.03. The van der Waals surface area contributed by atoms with E-state index in [1.165, 1.54) is 5.56 Å². The number of nitrogens with one attached hydrogen (secondary N) is 2. The van der Waals surface area contributed by atoms with Crippen molar-refractivity contribution in [2.24, 2.45) is 0 Å². The lowest BCUT2D eigenvalue weighted by molar-refractivity contribution is 0.724. The van der Waals surface area contributed by atoms with Gasteiger partial charge in [-0.2, -0.15) is 0 Å². The van der Waals surface area contributed by atoms with Crippen LogP contribution in [0.5, 0.6) is 0 Å². The first-order valence-corrected chi connectivity index (χ1v) is 4.20. The van der Waals surface area contributed by atoms with Crippen LogP contribution >= 0.6 is 0 Å². The highest BCUT2D eigenvalue weighted by molar-refractivity contribution is 5.34. The third kappa shape index (κ3) is 2.51. The summed E-state index contributed by atoms with van der Waals surface area (Å²) in [6.07, 6.45) is 1.88. The Morgan fingerprint density at radius 3 is 2.75 bits per heavy atom. The second kappa shape index (κ2) is 4.72. The van der Waals surface area contributed by atoms with Gasteiger partial charge in [0.2, 0.25) is 0 Å². The van der Waals surface area contributed by atoms with Crippen molar-refractivity contribution in [3.8, 4) is 0 Å². The molecule has 1 aromatic heterocycles. The molecular weight excluding hydrogens is 150 g/mol. The first-order valence-electron chi connectivity index (χ1n) is 4.20. The molecule has 12 heavy (non-hydrogen) atoms. The Balaban J connectivity index is 2.53. The predicted molar refractivity (Wildman–Crippen MR) is 51.2 cm³/mol. The van der Waals surface area contributed by atoms with Gasteiger partial charge in [0.05, 0.1) is 0 Å². The SMILES string of the molecule is CCNCc1ccc(NC)nc1. The molecule has 3 heteroatoms. The van der Waals surface area contributed by atoms with Crippen LogP contribution in [0.15, 0.2) is 18.3 Å². The maximum absolute atomic E-state index is 4.20. The van der Waals surface area contributed by atoms with Crippen molar-refractivity contribution in [3.63, 3.8) is 0 Å². The summed E-state index contributed by atoms with van der Waals surface area (Å²) >= 11 is 0. The van der Waals surface area contributed by atoms with Crippen LogP contribution in [0.2, 0.25) is 0 Å². The fourth-order valence-corrected chi connectivity index (χ4v) is 0.946. The highest BCUT2D eigenvalue weighted by atomic mass is 14.9. The van der Waals surface area contributed by atoms with Crippen molar-refractivity contribution in [1.29, 1.82) is 0 Å². The van der Waals surface area contributed by atoms with Gasteiger partial charge < -0.3 is 10.6 Å². The van der Waals surface area contributed by atoms with Crippen LogP contribution in [-0.2, 0) is 6.54 Å². The smallest absolute Gasteiger partial charge is 0.125 e. The third-order valence-corrected chi connectivity index (χ3v) is 1.66. The monoisotopic (exact) mass is 165 g/mol. The van der Waals surface area contributed by atoms with Crippen molar-refractivity contribution in [2.75, 3.05) is 18.9 Å². The topological polar surface area (TPSA) is 37.0 Å². The van der Waals surface area contributed by atoms with E-state index < -0.39 is 0 Å². The molecule has 0 fully saturated rings. The Hall–Kier alpha value is -1.09. The molecule has 0 saturated heterocycles. The second-order valence-electron chi connectivity index (χ2n) is 2.58. The van der Waals surface area contributed by atoms with Gasteiger partial charge in [-0.3, -0.25) is 0 Å². The first-order chi connectivity index (χ1) is 5.86. The zero-order chi connectivity index (χ0) is 8.81.